The van der Waals surface area contributed by atoms with Gasteiger partial charge in [-0.2, -0.15) is 0 Å². The lowest BCUT2D eigenvalue weighted by Gasteiger charge is -2.14. The van der Waals surface area contributed by atoms with E-state index in [9.17, 15) is 4.79 Å². The highest BCUT2D eigenvalue weighted by Gasteiger charge is 2.21. The van der Waals surface area contributed by atoms with Gasteiger partial charge in [0.05, 0.1) is 11.7 Å². The van der Waals surface area contributed by atoms with Crippen LogP contribution < -0.4 is 5.32 Å². The molecule has 7 heteroatoms. The van der Waals surface area contributed by atoms with Crippen molar-refractivity contribution in [3.8, 4) is 0 Å². The number of aryl methyl sites for hydroxylation is 2. The molecule has 2 N–H and O–H groups in total. The van der Waals surface area contributed by atoms with Crippen LogP contribution in [0.15, 0.2) is 24.7 Å². The van der Waals surface area contributed by atoms with E-state index in [0.717, 1.165) is 17.9 Å². The molecule has 0 aromatic carbocycles. The van der Waals surface area contributed by atoms with Crippen LogP contribution in [0.25, 0.3) is 5.78 Å². The lowest BCUT2D eigenvalue weighted by Crippen LogP contribution is -2.30. The Kier molecular flexibility index (Phi) is 3.62. The number of rotatable bonds is 4. The summed E-state index contributed by atoms with van der Waals surface area (Å²) in [5.74, 6) is 1.10. The van der Waals surface area contributed by atoms with E-state index in [1.165, 1.54) is 0 Å². The van der Waals surface area contributed by atoms with Gasteiger partial charge in [0.15, 0.2) is 0 Å². The highest BCUT2D eigenvalue weighted by atomic mass is 16.2. The topological polar surface area (TPSA) is 88.0 Å². The molecule has 0 aliphatic carbocycles. The number of carbonyl (C=O) groups is 1. The number of amides is 1. The molecule has 1 atom stereocenters. The molecule has 3 aromatic heterocycles. The monoisotopic (exact) mass is 298 g/mol. The van der Waals surface area contributed by atoms with Crippen molar-refractivity contribution in [3.05, 3.63) is 47.6 Å². The summed E-state index contributed by atoms with van der Waals surface area (Å²) in [6.45, 7) is 5.75. The Balaban J connectivity index is 1.91. The molecule has 0 aliphatic rings. The van der Waals surface area contributed by atoms with Crippen LogP contribution in [0.2, 0.25) is 0 Å². The quantitative estimate of drug-likeness (QED) is 0.770. The molecule has 114 valence electrons. The molecule has 0 aliphatic heterocycles. The third-order valence-electron chi connectivity index (χ3n) is 3.56. The second-order valence-corrected chi connectivity index (χ2v) is 5.22. The number of imidazole rings is 2. The standard InChI is InChI=1S/C15H18N6O/c1-4-11(13-17-8-9(2)18-13)20-14(22)12-10(3)19-15-16-6-5-7-21(12)15/h5-8,11H,4H2,1-3H3,(H,17,18)(H,20,22)/t11-/m1/s1. The summed E-state index contributed by atoms with van der Waals surface area (Å²) >= 11 is 0. The molecule has 1 amide bonds. The largest absolute Gasteiger partial charge is 0.344 e. The maximum absolute atomic E-state index is 12.6. The minimum atomic E-state index is -0.182. The molecule has 7 nitrogen and oxygen atoms in total. The molecule has 0 unspecified atom stereocenters. The number of carbonyl (C=O) groups excluding carboxylic acids is 1. The zero-order chi connectivity index (χ0) is 15.7. The first-order valence-electron chi connectivity index (χ1n) is 7.22. The van der Waals surface area contributed by atoms with Crippen molar-refractivity contribution in [2.45, 2.75) is 33.2 Å². The molecular formula is C15H18N6O. The number of fused-ring (bicyclic) bond motifs is 1. The lowest BCUT2D eigenvalue weighted by molar-refractivity contribution is 0.0927. The van der Waals surface area contributed by atoms with Gasteiger partial charge in [-0.05, 0) is 26.3 Å². The van der Waals surface area contributed by atoms with Gasteiger partial charge in [-0.25, -0.2) is 15.0 Å². The fourth-order valence-electron chi connectivity index (χ4n) is 2.47. The Labute approximate surface area is 127 Å². The average Bonchev–Trinajstić information content (AvgIpc) is 3.07. The van der Waals surface area contributed by atoms with Gasteiger partial charge >= 0.3 is 0 Å². The summed E-state index contributed by atoms with van der Waals surface area (Å²) in [6, 6.07) is 1.61. The maximum atomic E-state index is 12.6. The van der Waals surface area contributed by atoms with Crippen LogP contribution in [0, 0.1) is 13.8 Å². The van der Waals surface area contributed by atoms with Crippen LogP contribution in [0.5, 0.6) is 0 Å². The van der Waals surface area contributed by atoms with Crippen molar-refractivity contribution in [3.63, 3.8) is 0 Å². The van der Waals surface area contributed by atoms with Crippen molar-refractivity contribution in [1.82, 2.24) is 29.7 Å². The fraction of sp³-hybridized carbons (Fsp3) is 0.333. The van der Waals surface area contributed by atoms with Gasteiger partial charge in [0.1, 0.15) is 11.5 Å². The van der Waals surface area contributed by atoms with E-state index in [-0.39, 0.29) is 11.9 Å². The van der Waals surface area contributed by atoms with Gasteiger partial charge in [-0.3, -0.25) is 9.20 Å². The van der Waals surface area contributed by atoms with E-state index in [0.29, 0.717) is 17.2 Å². The van der Waals surface area contributed by atoms with Crippen LogP contribution in [0.3, 0.4) is 0 Å². The molecule has 0 spiro atoms. The highest BCUT2D eigenvalue weighted by Crippen LogP contribution is 2.16. The molecule has 3 rings (SSSR count). The summed E-state index contributed by atoms with van der Waals surface area (Å²) in [6.07, 6.45) is 5.94. The van der Waals surface area contributed by atoms with Crippen molar-refractivity contribution >= 4 is 11.7 Å². The second-order valence-electron chi connectivity index (χ2n) is 5.22. The fourth-order valence-corrected chi connectivity index (χ4v) is 2.47. The van der Waals surface area contributed by atoms with Crippen molar-refractivity contribution in [2.24, 2.45) is 0 Å². The predicted octanol–water partition coefficient (Wildman–Crippen LogP) is 1.95. The van der Waals surface area contributed by atoms with Crippen LogP contribution in [0.1, 0.15) is 47.1 Å². The Bertz CT molecular complexity index is 818. The third kappa shape index (κ3) is 2.45. The zero-order valence-electron chi connectivity index (χ0n) is 12.8. The highest BCUT2D eigenvalue weighted by molar-refractivity contribution is 5.94. The van der Waals surface area contributed by atoms with E-state index < -0.39 is 0 Å². The lowest BCUT2D eigenvalue weighted by atomic mass is 10.2. The van der Waals surface area contributed by atoms with Gasteiger partial charge < -0.3 is 10.3 Å². The Hall–Kier alpha value is -2.70. The molecule has 0 saturated heterocycles. The van der Waals surface area contributed by atoms with E-state index in [1.54, 1.807) is 29.1 Å². The van der Waals surface area contributed by atoms with Crippen LogP contribution in [0.4, 0.5) is 0 Å². The summed E-state index contributed by atoms with van der Waals surface area (Å²) in [5.41, 5.74) is 2.13. The minimum absolute atomic E-state index is 0.164. The van der Waals surface area contributed by atoms with Gasteiger partial charge in [0.2, 0.25) is 5.78 Å². The zero-order valence-corrected chi connectivity index (χ0v) is 12.8. The van der Waals surface area contributed by atoms with E-state index in [4.69, 9.17) is 0 Å². The van der Waals surface area contributed by atoms with Crippen LogP contribution in [-0.2, 0) is 0 Å². The molecule has 0 fully saturated rings. The normalized spacial score (nSPS) is 12.5. The van der Waals surface area contributed by atoms with E-state index >= 15 is 0 Å². The minimum Gasteiger partial charge on any atom is -0.344 e. The smallest absolute Gasteiger partial charge is 0.270 e. The van der Waals surface area contributed by atoms with E-state index in [1.807, 2.05) is 20.8 Å². The van der Waals surface area contributed by atoms with Crippen molar-refractivity contribution in [1.29, 1.82) is 0 Å². The molecule has 0 radical (unpaired) electrons. The summed E-state index contributed by atoms with van der Waals surface area (Å²) in [5, 5.41) is 3.01. The maximum Gasteiger partial charge on any atom is 0.270 e. The number of aromatic amines is 1. The number of aromatic nitrogens is 5. The van der Waals surface area contributed by atoms with Crippen LogP contribution in [-0.4, -0.2) is 30.2 Å². The summed E-state index contributed by atoms with van der Waals surface area (Å²) < 4.78 is 1.70. The molecular weight excluding hydrogens is 280 g/mol. The van der Waals surface area contributed by atoms with Crippen molar-refractivity contribution in [2.75, 3.05) is 0 Å². The first-order valence-corrected chi connectivity index (χ1v) is 7.22. The number of nitrogens with zero attached hydrogens (tertiary/aromatic N) is 4. The van der Waals surface area contributed by atoms with E-state index in [2.05, 4.69) is 25.3 Å². The summed E-state index contributed by atoms with van der Waals surface area (Å²) in [7, 11) is 0. The molecule has 0 saturated carbocycles. The predicted molar refractivity (Wildman–Crippen MR) is 81.5 cm³/mol. The Morgan fingerprint density at radius 3 is 2.91 bits per heavy atom. The second kappa shape index (κ2) is 5.59. The molecule has 3 aromatic rings. The first kappa shape index (κ1) is 14.2. The van der Waals surface area contributed by atoms with Gasteiger partial charge in [-0.1, -0.05) is 6.92 Å². The van der Waals surface area contributed by atoms with Gasteiger partial charge in [0.25, 0.3) is 5.91 Å². The number of nitrogens with one attached hydrogen (secondary N) is 2. The third-order valence-corrected chi connectivity index (χ3v) is 3.56. The van der Waals surface area contributed by atoms with Crippen LogP contribution >= 0.6 is 0 Å². The average molecular weight is 298 g/mol. The molecule has 22 heavy (non-hydrogen) atoms. The Morgan fingerprint density at radius 1 is 1.41 bits per heavy atom. The number of H-pyrrole nitrogens is 1. The summed E-state index contributed by atoms with van der Waals surface area (Å²) in [4.78, 5) is 28.6. The first-order chi connectivity index (χ1) is 10.6. The van der Waals surface area contributed by atoms with Crippen molar-refractivity contribution < 1.29 is 4.79 Å². The van der Waals surface area contributed by atoms with Gasteiger partial charge in [-0.15, -0.1) is 0 Å². The van der Waals surface area contributed by atoms with Gasteiger partial charge in [0, 0.05) is 24.3 Å². The number of hydrogen-bond donors (Lipinski definition) is 2. The SMILES string of the molecule is CC[C@@H](NC(=O)c1c(C)nc2ncccn12)c1ncc(C)[nH]1. The number of hydrogen-bond acceptors (Lipinski definition) is 4. The Morgan fingerprint density at radius 2 is 2.23 bits per heavy atom. The molecule has 3 heterocycles. The molecule has 0 bridgehead atoms.